The predicted molar refractivity (Wildman–Crippen MR) is 82.3 cm³/mol. The summed E-state index contributed by atoms with van der Waals surface area (Å²) in [7, 11) is 0. The van der Waals surface area contributed by atoms with Gasteiger partial charge in [0.25, 0.3) is 5.69 Å². The molecule has 0 aromatic heterocycles. The Morgan fingerprint density at radius 3 is 2.75 bits per heavy atom. The highest BCUT2D eigenvalue weighted by Crippen LogP contribution is 2.34. The number of ether oxygens (including phenoxy) is 1. The van der Waals surface area contributed by atoms with E-state index in [2.05, 4.69) is 27.8 Å². The normalized spacial score (nSPS) is 16.1. The van der Waals surface area contributed by atoms with E-state index in [0.29, 0.717) is 11.7 Å². The number of halogens is 1. The molecule has 1 aromatic carbocycles. The summed E-state index contributed by atoms with van der Waals surface area (Å²) in [4.78, 5) is 13.2. The summed E-state index contributed by atoms with van der Waals surface area (Å²) in [6, 6.07) is 5.61. The lowest BCUT2D eigenvalue weighted by Crippen LogP contribution is -2.40. The summed E-state index contributed by atoms with van der Waals surface area (Å²) < 4.78 is 6.13. The van der Waals surface area contributed by atoms with Crippen molar-refractivity contribution in [3.8, 4) is 0 Å². The first-order chi connectivity index (χ1) is 9.63. The Balaban J connectivity index is 2.35. The Morgan fingerprint density at radius 2 is 2.15 bits per heavy atom. The fourth-order valence-corrected chi connectivity index (χ4v) is 2.97. The molecule has 1 aliphatic rings. The summed E-state index contributed by atoms with van der Waals surface area (Å²) in [5, 5.41) is 11.3. The second-order valence-corrected chi connectivity index (χ2v) is 5.84. The highest BCUT2D eigenvalue weighted by atomic mass is 79.9. The molecule has 1 aliphatic heterocycles. The lowest BCUT2D eigenvalue weighted by Gasteiger charge is -2.35. The molecule has 0 bridgehead atoms. The van der Waals surface area contributed by atoms with E-state index in [9.17, 15) is 10.1 Å². The van der Waals surface area contributed by atoms with E-state index in [1.165, 1.54) is 0 Å². The number of hydrogen-bond acceptors (Lipinski definition) is 4. The van der Waals surface area contributed by atoms with Crippen molar-refractivity contribution in [3.63, 3.8) is 0 Å². The maximum atomic E-state index is 11.3. The highest BCUT2D eigenvalue weighted by Gasteiger charge is 2.26. The van der Waals surface area contributed by atoms with Crippen molar-refractivity contribution in [1.29, 1.82) is 0 Å². The molecule has 0 unspecified atom stereocenters. The molecule has 20 heavy (non-hydrogen) atoms. The average Bonchev–Trinajstić information content (AvgIpc) is 2.46. The number of nitro groups is 1. The molecule has 0 radical (unpaired) electrons. The van der Waals surface area contributed by atoms with Crippen molar-refractivity contribution < 1.29 is 9.66 Å². The monoisotopic (exact) mass is 342 g/mol. The van der Waals surface area contributed by atoms with Crippen molar-refractivity contribution in [2.75, 3.05) is 24.7 Å². The molecule has 0 spiro atoms. The van der Waals surface area contributed by atoms with Gasteiger partial charge in [0, 0.05) is 36.3 Å². The largest absolute Gasteiger partial charge is 0.381 e. The summed E-state index contributed by atoms with van der Waals surface area (Å²) in [6.07, 6.45) is 2.81. The van der Waals surface area contributed by atoms with Crippen LogP contribution in [0.15, 0.2) is 22.7 Å². The third-order valence-corrected chi connectivity index (χ3v) is 4.03. The molecule has 0 aliphatic carbocycles. The van der Waals surface area contributed by atoms with Gasteiger partial charge in [0.05, 0.1) is 4.92 Å². The van der Waals surface area contributed by atoms with Gasteiger partial charge in [0.2, 0.25) is 0 Å². The minimum Gasteiger partial charge on any atom is -0.381 e. The van der Waals surface area contributed by atoms with E-state index in [1.807, 2.05) is 12.1 Å². The maximum absolute atomic E-state index is 11.3. The predicted octanol–water partition coefficient (Wildman–Crippen LogP) is 3.75. The number of nitro benzene ring substituents is 1. The second kappa shape index (κ2) is 7.04. The molecular weight excluding hydrogens is 324 g/mol. The highest BCUT2D eigenvalue weighted by molar-refractivity contribution is 9.10. The molecule has 0 amide bonds. The Kier molecular flexibility index (Phi) is 5.37. The number of benzene rings is 1. The average molecular weight is 343 g/mol. The van der Waals surface area contributed by atoms with Crippen molar-refractivity contribution in [2.45, 2.75) is 32.2 Å². The molecule has 2 rings (SSSR count). The quantitative estimate of drug-likeness (QED) is 0.603. The Morgan fingerprint density at radius 1 is 1.45 bits per heavy atom. The molecule has 1 aromatic rings. The van der Waals surface area contributed by atoms with Crippen LogP contribution in [0.3, 0.4) is 0 Å². The van der Waals surface area contributed by atoms with Crippen LogP contribution in [0, 0.1) is 10.1 Å². The van der Waals surface area contributed by atoms with Crippen molar-refractivity contribution in [2.24, 2.45) is 0 Å². The smallest absolute Gasteiger partial charge is 0.293 e. The Bertz CT molecular complexity index is 475. The summed E-state index contributed by atoms with van der Waals surface area (Å²) in [5.74, 6) is 0. The van der Waals surface area contributed by atoms with Crippen molar-refractivity contribution in [1.82, 2.24) is 0 Å². The van der Waals surface area contributed by atoms with Crippen LogP contribution in [0.4, 0.5) is 11.4 Å². The first-order valence-corrected chi connectivity index (χ1v) is 7.71. The lowest BCUT2D eigenvalue weighted by atomic mass is 10.1. The molecule has 5 nitrogen and oxygen atoms in total. The van der Waals surface area contributed by atoms with E-state index in [0.717, 1.165) is 43.5 Å². The van der Waals surface area contributed by atoms with E-state index in [1.54, 1.807) is 6.07 Å². The van der Waals surface area contributed by atoms with Gasteiger partial charge in [-0.1, -0.05) is 22.9 Å². The van der Waals surface area contributed by atoms with Gasteiger partial charge in [-0.3, -0.25) is 10.1 Å². The maximum Gasteiger partial charge on any atom is 0.293 e. The summed E-state index contributed by atoms with van der Waals surface area (Å²) in [5.41, 5.74) is 0.881. The minimum atomic E-state index is -0.303. The van der Waals surface area contributed by atoms with Crippen molar-refractivity contribution >= 4 is 27.3 Å². The van der Waals surface area contributed by atoms with Gasteiger partial charge in [0.15, 0.2) is 0 Å². The fraction of sp³-hybridized carbons (Fsp3) is 0.571. The van der Waals surface area contributed by atoms with Crippen LogP contribution in [0.1, 0.15) is 26.2 Å². The van der Waals surface area contributed by atoms with Crippen molar-refractivity contribution in [3.05, 3.63) is 32.8 Å². The van der Waals surface area contributed by atoms with Gasteiger partial charge in [-0.05, 0) is 31.4 Å². The molecular formula is C14H19BrN2O3. The van der Waals surface area contributed by atoms with E-state index >= 15 is 0 Å². The molecule has 0 atom stereocenters. The van der Waals surface area contributed by atoms with Crippen LogP contribution in [0.5, 0.6) is 0 Å². The SMILES string of the molecule is CCCN(c1ccc(Br)cc1[N+](=O)[O-])C1CCOCC1. The molecule has 0 N–H and O–H groups in total. The first-order valence-electron chi connectivity index (χ1n) is 6.91. The van der Waals surface area contributed by atoms with E-state index < -0.39 is 0 Å². The third kappa shape index (κ3) is 3.49. The summed E-state index contributed by atoms with van der Waals surface area (Å²) >= 11 is 3.31. The Labute approximate surface area is 127 Å². The van der Waals surface area contributed by atoms with E-state index in [4.69, 9.17) is 4.74 Å². The fourth-order valence-electron chi connectivity index (χ4n) is 2.62. The number of nitrogens with zero attached hydrogens (tertiary/aromatic N) is 2. The molecule has 1 fully saturated rings. The van der Waals surface area contributed by atoms with Gasteiger partial charge < -0.3 is 9.64 Å². The van der Waals surface area contributed by atoms with Gasteiger partial charge in [-0.25, -0.2) is 0 Å². The zero-order chi connectivity index (χ0) is 14.5. The minimum absolute atomic E-state index is 0.166. The van der Waals surface area contributed by atoms with Gasteiger partial charge in [-0.2, -0.15) is 0 Å². The number of rotatable bonds is 5. The zero-order valence-corrected chi connectivity index (χ0v) is 13.1. The van der Waals surface area contributed by atoms with Crippen LogP contribution in [0.25, 0.3) is 0 Å². The third-order valence-electron chi connectivity index (χ3n) is 3.54. The second-order valence-electron chi connectivity index (χ2n) is 4.93. The van der Waals surface area contributed by atoms with E-state index in [-0.39, 0.29) is 10.6 Å². The first kappa shape index (κ1) is 15.3. The Hall–Kier alpha value is -1.14. The van der Waals surface area contributed by atoms with Crippen LogP contribution < -0.4 is 4.90 Å². The van der Waals surface area contributed by atoms with Gasteiger partial charge >= 0.3 is 0 Å². The van der Waals surface area contributed by atoms with Crippen LogP contribution in [-0.2, 0) is 4.74 Å². The number of hydrogen-bond donors (Lipinski definition) is 0. The standard InChI is InChI=1S/C14H19BrN2O3/c1-2-7-16(12-5-8-20-9-6-12)13-4-3-11(15)10-14(13)17(18)19/h3-4,10,12H,2,5-9H2,1H3. The van der Waals surface area contributed by atoms with Gasteiger partial charge in [-0.15, -0.1) is 0 Å². The van der Waals surface area contributed by atoms with Crippen LogP contribution in [-0.4, -0.2) is 30.7 Å². The lowest BCUT2D eigenvalue weighted by molar-refractivity contribution is -0.384. The number of anilines is 1. The molecule has 0 saturated carbocycles. The zero-order valence-electron chi connectivity index (χ0n) is 11.5. The molecule has 1 heterocycles. The van der Waals surface area contributed by atoms with Crippen LogP contribution >= 0.6 is 15.9 Å². The topological polar surface area (TPSA) is 55.6 Å². The van der Waals surface area contributed by atoms with Gasteiger partial charge in [0.1, 0.15) is 5.69 Å². The molecule has 6 heteroatoms. The molecule has 1 saturated heterocycles. The van der Waals surface area contributed by atoms with Crippen LogP contribution in [0.2, 0.25) is 0 Å². The summed E-state index contributed by atoms with van der Waals surface area (Å²) in [6.45, 7) is 4.38. The molecule has 110 valence electrons.